The van der Waals surface area contributed by atoms with E-state index < -0.39 is 28.9 Å². The lowest BCUT2D eigenvalue weighted by molar-refractivity contribution is -0.321. The fourth-order valence-electron chi connectivity index (χ4n) is 2.58. The quantitative estimate of drug-likeness (QED) is 0.239. The lowest BCUT2D eigenvalue weighted by Gasteiger charge is -2.33. The van der Waals surface area contributed by atoms with Gasteiger partial charge in [0.15, 0.2) is 0 Å². The molecule has 3 aromatic carbocycles. The summed E-state index contributed by atoms with van der Waals surface area (Å²) in [4.78, 5) is 0. The average Bonchev–Trinajstić information content (AvgIpc) is 2.69. The molecule has 0 fully saturated rings. The summed E-state index contributed by atoms with van der Waals surface area (Å²) in [6.45, 7) is 0. The Morgan fingerprint density at radius 3 is 1.45 bits per heavy atom. The Morgan fingerprint density at radius 2 is 0.966 bits per heavy atom. The Morgan fingerprint density at radius 1 is 0.552 bits per heavy atom. The van der Waals surface area contributed by atoms with Crippen LogP contribution >= 0.6 is 22.6 Å². The molecular weight excluding hydrogens is 509 g/mol. The van der Waals surface area contributed by atoms with E-state index in [-0.39, 0.29) is 5.75 Å². The summed E-state index contributed by atoms with van der Waals surface area (Å²) in [5.41, 5.74) is -2.43. The van der Waals surface area contributed by atoms with Crippen LogP contribution in [0.25, 0.3) is 0 Å². The third-order valence-corrected chi connectivity index (χ3v) is 4.91. The molecule has 0 spiro atoms. The van der Waals surface area contributed by atoms with Crippen molar-refractivity contribution < 1.29 is 31.1 Å². The monoisotopic (exact) mass is 522 g/mol. The minimum atomic E-state index is -5.66. The van der Waals surface area contributed by atoms with E-state index in [0.717, 1.165) is 24.3 Å². The highest BCUT2D eigenvalue weighted by Gasteiger charge is 2.72. The van der Waals surface area contributed by atoms with Crippen molar-refractivity contribution in [2.75, 3.05) is 0 Å². The normalized spacial score (nSPS) is 12.7. The molecule has 0 unspecified atom stereocenters. The number of hydrogen-bond acceptors (Lipinski definition) is 1. The number of alkyl halides is 6. The molecule has 0 saturated carbocycles. The highest BCUT2D eigenvalue weighted by atomic mass is 127. The van der Waals surface area contributed by atoms with Gasteiger partial charge in [0, 0.05) is 14.7 Å². The summed E-state index contributed by atoms with van der Waals surface area (Å²) < 4.78 is 92.3. The minimum Gasteiger partial charge on any atom is -0.457 e. The SMILES string of the molecule is FC(F)(c1ccc(I)cc1)C(F)(F)C(F)(F)c1ccc(Oc2ccccc2)cc1. The van der Waals surface area contributed by atoms with Crippen LogP contribution in [0.3, 0.4) is 0 Å². The zero-order chi connectivity index (χ0) is 21.3. The lowest BCUT2D eigenvalue weighted by atomic mass is 9.93. The highest BCUT2D eigenvalue weighted by molar-refractivity contribution is 14.1. The van der Waals surface area contributed by atoms with Crippen LogP contribution in [0.1, 0.15) is 11.1 Å². The third-order valence-electron chi connectivity index (χ3n) is 4.19. The van der Waals surface area contributed by atoms with Crippen molar-refractivity contribution in [2.24, 2.45) is 0 Å². The predicted octanol–water partition coefficient (Wildman–Crippen LogP) is 7.60. The van der Waals surface area contributed by atoms with Crippen LogP contribution in [0, 0.1) is 3.57 Å². The molecule has 0 aliphatic heterocycles. The van der Waals surface area contributed by atoms with Crippen LogP contribution in [0.5, 0.6) is 11.5 Å². The molecule has 29 heavy (non-hydrogen) atoms. The van der Waals surface area contributed by atoms with Gasteiger partial charge in [0.1, 0.15) is 11.5 Å². The average molecular weight is 522 g/mol. The molecule has 0 atom stereocenters. The first-order valence-corrected chi connectivity index (χ1v) is 9.36. The van der Waals surface area contributed by atoms with E-state index in [2.05, 4.69) is 0 Å². The minimum absolute atomic E-state index is 0.100. The summed E-state index contributed by atoms with van der Waals surface area (Å²) in [5.74, 6) is -15.4. The predicted molar refractivity (Wildman–Crippen MR) is 105 cm³/mol. The van der Waals surface area contributed by atoms with Gasteiger partial charge in [-0.05, 0) is 71.1 Å². The van der Waals surface area contributed by atoms with Crippen molar-refractivity contribution in [1.29, 1.82) is 0 Å². The van der Waals surface area contributed by atoms with Crippen molar-refractivity contribution >= 4 is 22.6 Å². The molecule has 152 valence electrons. The molecule has 0 aliphatic rings. The Kier molecular flexibility index (Phi) is 5.84. The summed E-state index contributed by atoms with van der Waals surface area (Å²) >= 11 is 1.79. The number of ether oxygens (including phenoxy) is 1. The van der Waals surface area contributed by atoms with Crippen molar-refractivity contribution in [3.63, 3.8) is 0 Å². The molecule has 3 aromatic rings. The van der Waals surface area contributed by atoms with E-state index in [1.54, 1.807) is 52.9 Å². The molecule has 0 radical (unpaired) electrons. The molecule has 0 saturated heterocycles. The molecule has 3 rings (SSSR count). The van der Waals surface area contributed by atoms with E-state index in [9.17, 15) is 26.3 Å². The van der Waals surface area contributed by atoms with Gasteiger partial charge in [0.05, 0.1) is 0 Å². The second kappa shape index (κ2) is 7.89. The standard InChI is InChI=1S/C21H13F6IO/c22-19(23,14-6-10-16(28)11-7-14)21(26,27)20(24,25)15-8-12-18(13-9-15)29-17-4-2-1-3-5-17/h1-13H. The largest absolute Gasteiger partial charge is 0.457 e. The summed E-state index contributed by atoms with van der Waals surface area (Å²) in [6, 6.07) is 15.4. The number of benzene rings is 3. The van der Waals surface area contributed by atoms with Crippen LogP contribution in [-0.4, -0.2) is 5.92 Å². The van der Waals surface area contributed by atoms with E-state index in [1.165, 1.54) is 0 Å². The maximum Gasteiger partial charge on any atom is 0.380 e. The number of hydrogen-bond donors (Lipinski definition) is 0. The van der Waals surface area contributed by atoms with E-state index in [1.807, 2.05) is 0 Å². The van der Waals surface area contributed by atoms with Gasteiger partial charge in [-0.25, -0.2) is 0 Å². The van der Waals surface area contributed by atoms with Crippen molar-refractivity contribution in [3.05, 3.63) is 93.6 Å². The molecule has 0 heterocycles. The molecule has 0 aromatic heterocycles. The van der Waals surface area contributed by atoms with Gasteiger partial charge in [-0.3, -0.25) is 0 Å². The Labute approximate surface area is 176 Å². The smallest absolute Gasteiger partial charge is 0.380 e. The summed E-state index contributed by atoms with van der Waals surface area (Å²) in [5, 5.41) is 0. The van der Waals surface area contributed by atoms with Crippen LogP contribution in [0.15, 0.2) is 78.9 Å². The molecule has 1 nitrogen and oxygen atoms in total. The maximum atomic E-state index is 14.5. The fourth-order valence-corrected chi connectivity index (χ4v) is 2.94. The summed E-state index contributed by atoms with van der Waals surface area (Å²) in [7, 11) is 0. The van der Waals surface area contributed by atoms with Crippen LogP contribution in [0.2, 0.25) is 0 Å². The topological polar surface area (TPSA) is 9.23 Å². The van der Waals surface area contributed by atoms with E-state index in [0.29, 0.717) is 33.6 Å². The Hall–Kier alpha value is -2.23. The van der Waals surface area contributed by atoms with E-state index in [4.69, 9.17) is 4.74 Å². The van der Waals surface area contributed by atoms with Crippen molar-refractivity contribution in [1.82, 2.24) is 0 Å². The number of para-hydroxylation sites is 1. The summed E-state index contributed by atoms with van der Waals surface area (Å²) in [6.07, 6.45) is 0. The lowest BCUT2D eigenvalue weighted by Crippen LogP contribution is -2.50. The zero-order valence-corrected chi connectivity index (χ0v) is 16.7. The van der Waals surface area contributed by atoms with Crippen LogP contribution in [-0.2, 0) is 11.8 Å². The zero-order valence-electron chi connectivity index (χ0n) is 14.6. The first-order chi connectivity index (χ1) is 13.6. The van der Waals surface area contributed by atoms with Crippen LogP contribution < -0.4 is 4.74 Å². The van der Waals surface area contributed by atoms with Gasteiger partial charge in [-0.15, -0.1) is 0 Å². The third kappa shape index (κ3) is 4.08. The van der Waals surface area contributed by atoms with Gasteiger partial charge in [-0.1, -0.05) is 30.3 Å². The van der Waals surface area contributed by atoms with Gasteiger partial charge >= 0.3 is 17.8 Å². The first kappa shape index (κ1) is 21.5. The number of halogens is 7. The van der Waals surface area contributed by atoms with Gasteiger partial charge in [0.2, 0.25) is 0 Å². The second-order valence-electron chi connectivity index (χ2n) is 6.17. The van der Waals surface area contributed by atoms with Crippen molar-refractivity contribution in [3.8, 4) is 11.5 Å². The fraction of sp³-hybridized carbons (Fsp3) is 0.143. The van der Waals surface area contributed by atoms with Gasteiger partial charge < -0.3 is 4.74 Å². The molecule has 8 heteroatoms. The maximum absolute atomic E-state index is 14.5. The van der Waals surface area contributed by atoms with Crippen molar-refractivity contribution in [2.45, 2.75) is 17.8 Å². The molecule has 0 N–H and O–H groups in total. The van der Waals surface area contributed by atoms with E-state index >= 15 is 0 Å². The highest BCUT2D eigenvalue weighted by Crippen LogP contribution is 2.55. The first-order valence-electron chi connectivity index (χ1n) is 8.28. The Balaban J connectivity index is 1.89. The van der Waals surface area contributed by atoms with Gasteiger partial charge in [-0.2, -0.15) is 26.3 Å². The molecule has 0 aliphatic carbocycles. The molecular formula is C21H13F6IO. The molecule has 0 amide bonds. The second-order valence-corrected chi connectivity index (χ2v) is 7.42. The van der Waals surface area contributed by atoms with Gasteiger partial charge in [0.25, 0.3) is 0 Å². The number of rotatable bonds is 6. The Bertz CT molecular complexity index is 957. The molecule has 0 bridgehead atoms. The van der Waals surface area contributed by atoms with Crippen LogP contribution in [0.4, 0.5) is 26.3 Å².